The molecule has 2 aromatic rings. The van der Waals surface area contributed by atoms with Gasteiger partial charge in [-0.15, -0.1) is 12.4 Å². The van der Waals surface area contributed by atoms with Crippen LogP contribution < -0.4 is 30.6 Å². The van der Waals surface area contributed by atoms with Crippen LogP contribution in [0, 0.1) is 0 Å². The van der Waals surface area contributed by atoms with Crippen molar-refractivity contribution >= 4 is 24.0 Å². The SMILES string of the molecule is COc1cc(OC)c2c(c1)C(=O)c1cc(CNCCCNCCCN)cc(OC)c1C2=O.Cl. The Hall–Kier alpha value is -2.65. The summed E-state index contributed by atoms with van der Waals surface area (Å²) in [6.45, 7) is 3.90. The highest BCUT2D eigenvalue weighted by atomic mass is 35.5. The van der Waals surface area contributed by atoms with Gasteiger partial charge in [-0.25, -0.2) is 0 Å². The standard InChI is InChI=1S/C24H31N3O5.ClH/c1-30-16-12-18-22(20(13-16)32-3)24(29)21-17(23(18)28)10-15(11-19(21)31-2)14-27-9-5-8-26-7-4-6-25;/h10-13,26-27H,4-9,14,25H2,1-3H3;1H. The third-order valence-corrected chi connectivity index (χ3v) is 5.45. The van der Waals surface area contributed by atoms with E-state index < -0.39 is 0 Å². The molecule has 0 unspecified atom stereocenters. The number of rotatable bonds is 12. The first-order chi connectivity index (χ1) is 15.5. The molecule has 2 aromatic carbocycles. The molecule has 33 heavy (non-hydrogen) atoms. The van der Waals surface area contributed by atoms with Crippen LogP contribution in [0.4, 0.5) is 0 Å². The molecule has 0 amide bonds. The molecule has 0 saturated heterocycles. The van der Waals surface area contributed by atoms with Gasteiger partial charge in [-0.1, -0.05) is 0 Å². The van der Waals surface area contributed by atoms with E-state index in [1.165, 1.54) is 21.3 Å². The normalized spacial score (nSPS) is 12.0. The molecule has 8 nitrogen and oxygen atoms in total. The molecular formula is C24H32ClN3O5. The van der Waals surface area contributed by atoms with Crippen LogP contribution in [0.3, 0.4) is 0 Å². The lowest BCUT2D eigenvalue weighted by molar-refractivity contribution is 0.0973. The Morgan fingerprint density at radius 1 is 0.758 bits per heavy atom. The van der Waals surface area contributed by atoms with Crippen molar-refractivity contribution < 1.29 is 23.8 Å². The van der Waals surface area contributed by atoms with E-state index >= 15 is 0 Å². The van der Waals surface area contributed by atoms with E-state index in [-0.39, 0.29) is 40.7 Å². The van der Waals surface area contributed by atoms with Gasteiger partial charge in [0.1, 0.15) is 17.2 Å². The summed E-state index contributed by atoms with van der Waals surface area (Å²) in [5.41, 5.74) is 7.45. The van der Waals surface area contributed by atoms with Crippen molar-refractivity contribution in [3.8, 4) is 17.2 Å². The maximum Gasteiger partial charge on any atom is 0.201 e. The van der Waals surface area contributed by atoms with E-state index in [4.69, 9.17) is 19.9 Å². The zero-order chi connectivity index (χ0) is 23.1. The Balaban J connectivity index is 0.00000385. The summed E-state index contributed by atoms with van der Waals surface area (Å²) < 4.78 is 16.2. The van der Waals surface area contributed by atoms with Crippen molar-refractivity contribution in [2.75, 3.05) is 47.5 Å². The molecular weight excluding hydrogens is 446 g/mol. The summed E-state index contributed by atoms with van der Waals surface area (Å²) in [7, 11) is 4.46. The van der Waals surface area contributed by atoms with E-state index in [0.717, 1.165) is 38.0 Å². The van der Waals surface area contributed by atoms with E-state index in [1.54, 1.807) is 24.3 Å². The first kappa shape index (κ1) is 26.6. The van der Waals surface area contributed by atoms with Gasteiger partial charge in [-0.2, -0.15) is 0 Å². The predicted octanol–water partition coefficient (Wildman–Crippen LogP) is 2.33. The summed E-state index contributed by atoms with van der Waals surface area (Å²) in [5.74, 6) is 0.584. The first-order valence-electron chi connectivity index (χ1n) is 10.7. The molecule has 0 aliphatic heterocycles. The third kappa shape index (κ3) is 5.83. The lowest BCUT2D eigenvalue weighted by atomic mass is 9.82. The molecule has 0 heterocycles. The minimum absolute atomic E-state index is 0. The second-order valence-corrected chi connectivity index (χ2v) is 7.55. The van der Waals surface area contributed by atoms with Crippen LogP contribution in [-0.2, 0) is 6.54 Å². The lowest BCUT2D eigenvalue weighted by Gasteiger charge is -2.23. The monoisotopic (exact) mass is 477 g/mol. The van der Waals surface area contributed by atoms with E-state index in [1.807, 2.05) is 0 Å². The number of benzene rings is 2. The molecule has 0 bridgehead atoms. The van der Waals surface area contributed by atoms with Crippen LogP contribution in [0.25, 0.3) is 0 Å². The van der Waals surface area contributed by atoms with Gasteiger partial charge >= 0.3 is 0 Å². The van der Waals surface area contributed by atoms with Crippen LogP contribution >= 0.6 is 12.4 Å². The Labute approximate surface area is 200 Å². The van der Waals surface area contributed by atoms with Crippen molar-refractivity contribution in [1.29, 1.82) is 0 Å². The molecule has 0 aromatic heterocycles. The maximum atomic E-state index is 13.4. The van der Waals surface area contributed by atoms with Crippen molar-refractivity contribution in [2.45, 2.75) is 19.4 Å². The predicted molar refractivity (Wildman–Crippen MR) is 130 cm³/mol. The maximum absolute atomic E-state index is 13.4. The Morgan fingerprint density at radius 3 is 2.00 bits per heavy atom. The van der Waals surface area contributed by atoms with Gasteiger partial charge in [-0.05, 0) is 62.8 Å². The number of carbonyl (C=O) groups is 2. The molecule has 9 heteroatoms. The summed E-state index contributed by atoms with van der Waals surface area (Å²) in [6.07, 6.45) is 1.94. The van der Waals surface area contributed by atoms with Crippen LogP contribution in [0.1, 0.15) is 50.2 Å². The van der Waals surface area contributed by atoms with E-state index in [0.29, 0.717) is 35.9 Å². The number of methoxy groups -OCH3 is 3. The van der Waals surface area contributed by atoms with Crippen LogP contribution in [-0.4, -0.2) is 59.1 Å². The molecule has 0 saturated carbocycles. The minimum Gasteiger partial charge on any atom is -0.497 e. The zero-order valence-electron chi connectivity index (χ0n) is 19.3. The van der Waals surface area contributed by atoms with Gasteiger partial charge in [0.15, 0.2) is 5.78 Å². The van der Waals surface area contributed by atoms with Crippen LogP contribution in [0.5, 0.6) is 17.2 Å². The smallest absolute Gasteiger partial charge is 0.201 e. The molecule has 0 radical (unpaired) electrons. The highest BCUT2D eigenvalue weighted by molar-refractivity contribution is 6.30. The topological polar surface area (TPSA) is 112 Å². The third-order valence-electron chi connectivity index (χ3n) is 5.45. The molecule has 1 aliphatic carbocycles. The van der Waals surface area contributed by atoms with Crippen molar-refractivity contribution in [3.63, 3.8) is 0 Å². The van der Waals surface area contributed by atoms with Gasteiger partial charge in [-0.3, -0.25) is 9.59 Å². The largest absolute Gasteiger partial charge is 0.497 e. The summed E-state index contributed by atoms with van der Waals surface area (Å²) >= 11 is 0. The summed E-state index contributed by atoms with van der Waals surface area (Å²) in [4.78, 5) is 26.7. The molecule has 1 aliphatic rings. The lowest BCUT2D eigenvalue weighted by Crippen LogP contribution is -2.25. The second kappa shape index (κ2) is 12.6. The fourth-order valence-corrected chi connectivity index (χ4v) is 3.82. The van der Waals surface area contributed by atoms with Gasteiger partial charge in [0, 0.05) is 23.7 Å². The Bertz CT molecular complexity index is 997. The second-order valence-electron chi connectivity index (χ2n) is 7.55. The van der Waals surface area contributed by atoms with Crippen molar-refractivity contribution in [1.82, 2.24) is 10.6 Å². The van der Waals surface area contributed by atoms with Gasteiger partial charge in [0.05, 0.1) is 32.5 Å². The number of halogens is 1. The van der Waals surface area contributed by atoms with Crippen LogP contribution in [0.15, 0.2) is 24.3 Å². The van der Waals surface area contributed by atoms with Gasteiger partial charge in [0.25, 0.3) is 0 Å². The Kier molecular flexibility index (Phi) is 10.1. The molecule has 0 spiro atoms. The zero-order valence-corrected chi connectivity index (χ0v) is 20.1. The van der Waals surface area contributed by atoms with E-state index in [9.17, 15) is 9.59 Å². The molecule has 180 valence electrons. The highest BCUT2D eigenvalue weighted by Crippen LogP contribution is 2.40. The number of fused-ring (bicyclic) bond motifs is 2. The number of hydrogen-bond donors (Lipinski definition) is 3. The molecule has 3 rings (SSSR count). The number of carbonyl (C=O) groups excluding carboxylic acids is 2. The minimum atomic E-state index is -0.297. The van der Waals surface area contributed by atoms with Gasteiger partial charge in [0.2, 0.25) is 5.78 Å². The highest BCUT2D eigenvalue weighted by Gasteiger charge is 2.36. The van der Waals surface area contributed by atoms with Crippen molar-refractivity contribution in [2.24, 2.45) is 5.73 Å². The fourth-order valence-electron chi connectivity index (χ4n) is 3.82. The fraction of sp³-hybridized carbons (Fsp3) is 0.417. The number of hydrogen-bond acceptors (Lipinski definition) is 8. The Morgan fingerprint density at radius 2 is 1.36 bits per heavy atom. The van der Waals surface area contributed by atoms with Crippen molar-refractivity contribution in [3.05, 3.63) is 52.1 Å². The number of nitrogens with one attached hydrogen (secondary N) is 2. The van der Waals surface area contributed by atoms with E-state index in [2.05, 4.69) is 10.6 Å². The number of nitrogens with two attached hydrogens (primary N) is 1. The summed E-state index contributed by atoms with van der Waals surface area (Å²) in [5, 5.41) is 6.72. The molecule has 0 fully saturated rings. The number of ether oxygens (including phenoxy) is 3. The quantitative estimate of drug-likeness (QED) is 0.341. The first-order valence-corrected chi connectivity index (χ1v) is 10.7. The number of ketones is 2. The molecule has 0 atom stereocenters. The average Bonchev–Trinajstić information content (AvgIpc) is 2.82. The van der Waals surface area contributed by atoms with Gasteiger partial charge < -0.3 is 30.6 Å². The molecule has 4 N–H and O–H groups in total. The summed E-state index contributed by atoms with van der Waals surface area (Å²) in [6, 6.07) is 6.75. The average molecular weight is 478 g/mol. The van der Waals surface area contributed by atoms with Crippen LogP contribution in [0.2, 0.25) is 0 Å².